The zero-order valence-electron chi connectivity index (χ0n) is 5.48. The predicted molar refractivity (Wildman–Crippen MR) is 33.8 cm³/mol. The van der Waals surface area contributed by atoms with Crippen LogP contribution >= 0.6 is 0 Å². The molecule has 0 radical (unpaired) electrons. The molecule has 1 heterocycles. The van der Waals surface area contributed by atoms with Crippen molar-refractivity contribution in [2.45, 2.75) is 32.5 Å². The van der Waals surface area contributed by atoms with Gasteiger partial charge in [-0.1, -0.05) is 13.5 Å². The standard InChI is InChI=1S/C7H12O/c1-4-5(2)7-6(3)8-7/h6-7H,2,4H2,1,3H3/t6-,7?/m1/s1. The van der Waals surface area contributed by atoms with Crippen LogP contribution in [-0.2, 0) is 4.74 Å². The second kappa shape index (κ2) is 1.90. The third kappa shape index (κ3) is 0.920. The Labute approximate surface area is 50.3 Å². The molecule has 0 aromatic carbocycles. The van der Waals surface area contributed by atoms with Crippen molar-refractivity contribution >= 4 is 0 Å². The van der Waals surface area contributed by atoms with Gasteiger partial charge in [-0.25, -0.2) is 0 Å². The van der Waals surface area contributed by atoms with Gasteiger partial charge in [-0.2, -0.15) is 0 Å². The lowest BCUT2D eigenvalue weighted by molar-refractivity contribution is 0.393. The third-order valence-electron chi connectivity index (χ3n) is 1.57. The van der Waals surface area contributed by atoms with E-state index in [-0.39, 0.29) is 0 Å². The molecule has 46 valence electrons. The van der Waals surface area contributed by atoms with Crippen molar-refractivity contribution in [1.29, 1.82) is 0 Å². The van der Waals surface area contributed by atoms with Crippen LogP contribution in [0.4, 0.5) is 0 Å². The molecule has 2 atom stereocenters. The largest absolute Gasteiger partial charge is 0.365 e. The second-order valence-corrected chi connectivity index (χ2v) is 2.27. The van der Waals surface area contributed by atoms with E-state index in [9.17, 15) is 0 Å². The van der Waals surface area contributed by atoms with Gasteiger partial charge in [-0.05, 0) is 18.9 Å². The van der Waals surface area contributed by atoms with Crippen molar-refractivity contribution in [3.05, 3.63) is 12.2 Å². The summed E-state index contributed by atoms with van der Waals surface area (Å²) in [4.78, 5) is 0. The Morgan fingerprint density at radius 3 is 2.38 bits per heavy atom. The fourth-order valence-corrected chi connectivity index (χ4v) is 0.815. The van der Waals surface area contributed by atoms with Gasteiger partial charge < -0.3 is 4.74 Å². The lowest BCUT2D eigenvalue weighted by atomic mass is 10.1. The van der Waals surface area contributed by atoms with E-state index in [2.05, 4.69) is 20.4 Å². The Bertz CT molecular complexity index is 107. The molecule has 0 aromatic rings. The number of hydrogen-bond acceptors (Lipinski definition) is 1. The van der Waals surface area contributed by atoms with Gasteiger partial charge in [0.05, 0.1) is 6.10 Å². The number of hydrogen-bond donors (Lipinski definition) is 0. The van der Waals surface area contributed by atoms with Crippen molar-refractivity contribution < 1.29 is 4.74 Å². The van der Waals surface area contributed by atoms with Crippen LogP contribution in [0.15, 0.2) is 12.2 Å². The fourth-order valence-electron chi connectivity index (χ4n) is 0.815. The van der Waals surface area contributed by atoms with Gasteiger partial charge >= 0.3 is 0 Å². The van der Waals surface area contributed by atoms with Gasteiger partial charge in [0.2, 0.25) is 0 Å². The maximum atomic E-state index is 5.17. The summed E-state index contributed by atoms with van der Waals surface area (Å²) >= 11 is 0. The molecule has 1 aliphatic rings. The highest BCUT2D eigenvalue weighted by Gasteiger charge is 2.35. The molecular formula is C7H12O. The van der Waals surface area contributed by atoms with E-state index >= 15 is 0 Å². The molecule has 0 amide bonds. The molecular weight excluding hydrogens is 100 g/mol. The molecule has 0 spiro atoms. The van der Waals surface area contributed by atoms with E-state index in [0.717, 1.165) is 6.42 Å². The van der Waals surface area contributed by atoms with Crippen LogP contribution in [0.2, 0.25) is 0 Å². The highest BCUT2D eigenvalue weighted by Crippen LogP contribution is 2.28. The molecule has 1 saturated heterocycles. The van der Waals surface area contributed by atoms with Crippen LogP contribution in [-0.4, -0.2) is 12.2 Å². The number of epoxide rings is 1. The Morgan fingerprint density at radius 2 is 2.25 bits per heavy atom. The molecule has 0 bridgehead atoms. The summed E-state index contributed by atoms with van der Waals surface area (Å²) in [6.07, 6.45) is 1.89. The molecule has 1 heteroatoms. The first-order valence-corrected chi connectivity index (χ1v) is 3.08. The van der Waals surface area contributed by atoms with E-state index in [0.29, 0.717) is 12.2 Å². The zero-order chi connectivity index (χ0) is 6.15. The molecule has 1 fully saturated rings. The van der Waals surface area contributed by atoms with Crippen molar-refractivity contribution in [3.8, 4) is 0 Å². The number of rotatable bonds is 2. The van der Waals surface area contributed by atoms with E-state index in [1.54, 1.807) is 0 Å². The highest BCUT2D eigenvalue weighted by molar-refractivity contribution is 5.10. The van der Waals surface area contributed by atoms with E-state index in [4.69, 9.17) is 4.74 Å². The van der Waals surface area contributed by atoms with Crippen molar-refractivity contribution in [2.24, 2.45) is 0 Å². The van der Waals surface area contributed by atoms with E-state index < -0.39 is 0 Å². The van der Waals surface area contributed by atoms with Crippen molar-refractivity contribution in [3.63, 3.8) is 0 Å². The average molecular weight is 112 g/mol. The lowest BCUT2D eigenvalue weighted by Gasteiger charge is -1.90. The quantitative estimate of drug-likeness (QED) is 0.391. The zero-order valence-corrected chi connectivity index (χ0v) is 5.48. The number of ether oxygens (including phenoxy) is 1. The van der Waals surface area contributed by atoms with Crippen LogP contribution in [0, 0.1) is 0 Å². The normalized spacial score (nSPS) is 34.8. The Balaban J connectivity index is 2.28. The van der Waals surface area contributed by atoms with Crippen LogP contribution in [0.1, 0.15) is 20.3 Å². The molecule has 1 unspecified atom stereocenters. The second-order valence-electron chi connectivity index (χ2n) is 2.27. The van der Waals surface area contributed by atoms with Gasteiger partial charge in [0.1, 0.15) is 6.10 Å². The Hall–Kier alpha value is -0.300. The maximum Gasteiger partial charge on any atom is 0.105 e. The van der Waals surface area contributed by atoms with Crippen LogP contribution in [0.3, 0.4) is 0 Å². The topological polar surface area (TPSA) is 12.5 Å². The van der Waals surface area contributed by atoms with Gasteiger partial charge in [0.25, 0.3) is 0 Å². The first-order chi connectivity index (χ1) is 3.75. The van der Waals surface area contributed by atoms with Gasteiger partial charge in [-0.3, -0.25) is 0 Å². The first kappa shape index (κ1) is 5.83. The summed E-state index contributed by atoms with van der Waals surface area (Å²) in [7, 11) is 0. The summed E-state index contributed by atoms with van der Waals surface area (Å²) in [5.41, 5.74) is 1.23. The molecule has 8 heavy (non-hydrogen) atoms. The van der Waals surface area contributed by atoms with Gasteiger partial charge in [0, 0.05) is 0 Å². The summed E-state index contributed by atoms with van der Waals surface area (Å²) in [5.74, 6) is 0. The lowest BCUT2D eigenvalue weighted by Crippen LogP contribution is -1.91. The van der Waals surface area contributed by atoms with E-state index in [1.165, 1.54) is 5.57 Å². The van der Waals surface area contributed by atoms with Crippen LogP contribution < -0.4 is 0 Å². The summed E-state index contributed by atoms with van der Waals surface area (Å²) in [6, 6.07) is 0. The van der Waals surface area contributed by atoms with Crippen molar-refractivity contribution in [2.75, 3.05) is 0 Å². The molecule has 0 aliphatic carbocycles. The minimum absolute atomic E-state index is 0.389. The molecule has 1 nitrogen and oxygen atoms in total. The predicted octanol–water partition coefficient (Wildman–Crippen LogP) is 1.74. The minimum atomic E-state index is 0.389. The SMILES string of the molecule is C=C(CC)C1O[C@@H]1C. The third-order valence-corrected chi connectivity index (χ3v) is 1.57. The van der Waals surface area contributed by atoms with Crippen LogP contribution in [0.25, 0.3) is 0 Å². The van der Waals surface area contributed by atoms with E-state index in [1.807, 2.05) is 0 Å². The smallest absolute Gasteiger partial charge is 0.105 e. The maximum absolute atomic E-state index is 5.17. The Morgan fingerprint density at radius 1 is 1.75 bits per heavy atom. The first-order valence-electron chi connectivity index (χ1n) is 3.08. The molecule has 0 aromatic heterocycles. The monoisotopic (exact) mass is 112 g/mol. The highest BCUT2D eigenvalue weighted by atomic mass is 16.6. The van der Waals surface area contributed by atoms with Gasteiger partial charge in [-0.15, -0.1) is 0 Å². The minimum Gasteiger partial charge on any atom is -0.365 e. The molecule has 0 N–H and O–H groups in total. The van der Waals surface area contributed by atoms with Gasteiger partial charge in [0.15, 0.2) is 0 Å². The fraction of sp³-hybridized carbons (Fsp3) is 0.714. The average Bonchev–Trinajstić information content (AvgIpc) is 2.45. The molecule has 0 saturated carbocycles. The summed E-state index contributed by atoms with van der Waals surface area (Å²) < 4.78 is 5.17. The Kier molecular flexibility index (Phi) is 1.39. The summed E-state index contributed by atoms with van der Waals surface area (Å²) in [6.45, 7) is 8.04. The van der Waals surface area contributed by atoms with Crippen molar-refractivity contribution in [1.82, 2.24) is 0 Å². The molecule has 1 rings (SSSR count). The summed E-state index contributed by atoms with van der Waals surface area (Å²) in [5, 5.41) is 0. The van der Waals surface area contributed by atoms with Crippen LogP contribution in [0.5, 0.6) is 0 Å². The molecule has 1 aliphatic heterocycles.